The van der Waals surface area contributed by atoms with E-state index in [0.29, 0.717) is 36.5 Å². The molecule has 0 aliphatic rings. The summed E-state index contributed by atoms with van der Waals surface area (Å²) in [4.78, 5) is 4.39. The minimum Gasteiger partial charge on any atom is -0.339 e. The lowest BCUT2D eigenvalue weighted by Crippen LogP contribution is -2.29. The summed E-state index contributed by atoms with van der Waals surface area (Å²) in [6.45, 7) is 4.38. The SMILES string of the molecule is CNC(Cc1nc(Cc2cccc(F)c2)no1)CC(C)C. The van der Waals surface area contributed by atoms with Crippen LogP contribution in [0.3, 0.4) is 0 Å². The fourth-order valence-electron chi connectivity index (χ4n) is 2.36. The van der Waals surface area contributed by atoms with E-state index in [1.54, 1.807) is 6.07 Å². The van der Waals surface area contributed by atoms with Crippen molar-refractivity contribution in [1.82, 2.24) is 15.5 Å². The van der Waals surface area contributed by atoms with Crippen molar-refractivity contribution in [3.8, 4) is 0 Å². The van der Waals surface area contributed by atoms with Crippen LogP contribution in [-0.2, 0) is 12.8 Å². The lowest BCUT2D eigenvalue weighted by Gasteiger charge is -2.15. The number of halogens is 1. The van der Waals surface area contributed by atoms with Crippen LogP contribution in [0.4, 0.5) is 4.39 Å². The van der Waals surface area contributed by atoms with Crippen LogP contribution in [0.5, 0.6) is 0 Å². The third-order valence-corrected chi connectivity index (χ3v) is 3.35. The van der Waals surface area contributed by atoms with Gasteiger partial charge in [0.2, 0.25) is 5.89 Å². The molecule has 0 aliphatic heterocycles. The van der Waals surface area contributed by atoms with Gasteiger partial charge in [-0.25, -0.2) is 4.39 Å². The van der Waals surface area contributed by atoms with Gasteiger partial charge in [0.25, 0.3) is 0 Å². The first-order chi connectivity index (χ1) is 10.1. The Morgan fingerprint density at radius 1 is 1.33 bits per heavy atom. The van der Waals surface area contributed by atoms with E-state index < -0.39 is 0 Å². The molecular formula is C16H22FN3O. The molecule has 1 heterocycles. The molecule has 0 aliphatic carbocycles. The van der Waals surface area contributed by atoms with E-state index in [4.69, 9.17) is 4.52 Å². The van der Waals surface area contributed by atoms with E-state index >= 15 is 0 Å². The zero-order chi connectivity index (χ0) is 15.2. The lowest BCUT2D eigenvalue weighted by atomic mass is 10.0. The Kier molecular flexibility index (Phi) is 5.44. The molecule has 1 aromatic carbocycles. The second-order valence-electron chi connectivity index (χ2n) is 5.73. The van der Waals surface area contributed by atoms with Crippen molar-refractivity contribution in [2.24, 2.45) is 5.92 Å². The average molecular weight is 291 g/mol. The van der Waals surface area contributed by atoms with E-state index in [0.717, 1.165) is 12.0 Å². The quantitative estimate of drug-likeness (QED) is 0.852. The van der Waals surface area contributed by atoms with Crippen molar-refractivity contribution in [3.63, 3.8) is 0 Å². The van der Waals surface area contributed by atoms with Gasteiger partial charge in [-0.05, 0) is 37.1 Å². The molecule has 1 atom stereocenters. The van der Waals surface area contributed by atoms with Gasteiger partial charge in [-0.2, -0.15) is 4.98 Å². The second kappa shape index (κ2) is 7.31. The summed E-state index contributed by atoms with van der Waals surface area (Å²) >= 11 is 0. The molecule has 1 N–H and O–H groups in total. The summed E-state index contributed by atoms with van der Waals surface area (Å²) in [5, 5.41) is 7.24. The molecule has 0 radical (unpaired) electrons. The highest BCUT2D eigenvalue weighted by atomic mass is 19.1. The van der Waals surface area contributed by atoms with Gasteiger partial charge in [0.1, 0.15) is 5.82 Å². The van der Waals surface area contributed by atoms with Crippen LogP contribution in [0.1, 0.15) is 37.5 Å². The van der Waals surface area contributed by atoms with E-state index in [1.807, 2.05) is 13.1 Å². The zero-order valence-corrected chi connectivity index (χ0v) is 12.8. The maximum atomic E-state index is 13.1. The third kappa shape index (κ3) is 4.93. The monoisotopic (exact) mass is 291 g/mol. The molecular weight excluding hydrogens is 269 g/mol. The maximum absolute atomic E-state index is 13.1. The molecule has 0 spiro atoms. The van der Waals surface area contributed by atoms with E-state index in [1.165, 1.54) is 12.1 Å². The number of rotatable bonds is 7. The lowest BCUT2D eigenvalue weighted by molar-refractivity contribution is 0.342. The molecule has 114 valence electrons. The molecule has 2 aromatic rings. The smallest absolute Gasteiger partial charge is 0.228 e. The number of nitrogens with zero attached hydrogens (tertiary/aromatic N) is 2. The second-order valence-corrected chi connectivity index (χ2v) is 5.73. The molecule has 2 rings (SSSR count). The Morgan fingerprint density at radius 2 is 2.14 bits per heavy atom. The summed E-state index contributed by atoms with van der Waals surface area (Å²) in [5.74, 6) is 1.58. The molecule has 0 saturated carbocycles. The van der Waals surface area contributed by atoms with Crippen molar-refractivity contribution >= 4 is 0 Å². The fraction of sp³-hybridized carbons (Fsp3) is 0.500. The van der Waals surface area contributed by atoms with Crippen molar-refractivity contribution in [1.29, 1.82) is 0 Å². The molecule has 0 amide bonds. The summed E-state index contributed by atoms with van der Waals surface area (Å²) < 4.78 is 18.4. The standard InChI is InChI=1S/C16H22FN3O/c1-11(2)7-14(18-3)10-16-19-15(20-21-16)9-12-5-4-6-13(17)8-12/h4-6,8,11,14,18H,7,9-10H2,1-3H3. The predicted molar refractivity (Wildman–Crippen MR) is 79.5 cm³/mol. The highest BCUT2D eigenvalue weighted by Gasteiger charge is 2.14. The molecule has 0 bridgehead atoms. The first-order valence-electron chi connectivity index (χ1n) is 7.30. The van der Waals surface area contributed by atoms with Gasteiger partial charge in [-0.15, -0.1) is 0 Å². The van der Waals surface area contributed by atoms with Crippen LogP contribution >= 0.6 is 0 Å². The molecule has 1 aromatic heterocycles. The van der Waals surface area contributed by atoms with Gasteiger partial charge in [0.15, 0.2) is 5.82 Å². The van der Waals surface area contributed by atoms with Crippen LogP contribution in [-0.4, -0.2) is 23.2 Å². The van der Waals surface area contributed by atoms with Crippen LogP contribution in [0.15, 0.2) is 28.8 Å². The van der Waals surface area contributed by atoms with E-state index in [2.05, 4.69) is 29.3 Å². The topological polar surface area (TPSA) is 51.0 Å². The minimum absolute atomic E-state index is 0.247. The Balaban J connectivity index is 1.97. The van der Waals surface area contributed by atoms with Crippen LogP contribution in [0.25, 0.3) is 0 Å². The Bertz CT molecular complexity index is 568. The molecule has 21 heavy (non-hydrogen) atoms. The number of hydrogen-bond donors (Lipinski definition) is 1. The van der Waals surface area contributed by atoms with Crippen molar-refractivity contribution in [3.05, 3.63) is 47.4 Å². The molecule has 5 heteroatoms. The third-order valence-electron chi connectivity index (χ3n) is 3.35. The summed E-state index contributed by atoms with van der Waals surface area (Å²) in [5.41, 5.74) is 0.842. The minimum atomic E-state index is -0.247. The largest absolute Gasteiger partial charge is 0.339 e. The number of hydrogen-bond acceptors (Lipinski definition) is 4. The molecule has 4 nitrogen and oxygen atoms in total. The van der Waals surface area contributed by atoms with Crippen LogP contribution in [0, 0.1) is 11.7 Å². The fourth-order valence-corrected chi connectivity index (χ4v) is 2.36. The predicted octanol–water partition coefficient (Wildman–Crippen LogP) is 2.98. The Hall–Kier alpha value is -1.75. The molecule has 0 fully saturated rings. The Morgan fingerprint density at radius 3 is 2.81 bits per heavy atom. The number of aromatic nitrogens is 2. The Labute approximate surface area is 124 Å². The summed E-state index contributed by atoms with van der Waals surface area (Å²) in [6, 6.07) is 6.78. The van der Waals surface area contributed by atoms with Gasteiger partial charge in [0, 0.05) is 18.9 Å². The molecule has 1 unspecified atom stereocenters. The average Bonchev–Trinajstić information content (AvgIpc) is 2.84. The van der Waals surface area contributed by atoms with E-state index in [9.17, 15) is 4.39 Å². The maximum Gasteiger partial charge on any atom is 0.228 e. The zero-order valence-electron chi connectivity index (χ0n) is 12.8. The van der Waals surface area contributed by atoms with Crippen molar-refractivity contribution < 1.29 is 8.91 Å². The van der Waals surface area contributed by atoms with E-state index in [-0.39, 0.29) is 5.82 Å². The first-order valence-corrected chi connectivity index (χ1v) is 7.30. The number of likely N-dealkylation sites (N-methyl/N-ethyl adjacent to an activating group) is 1. The molecule has 0 saturated heterocycles. The number of nitrogens with one attached hydrogen (secondary N) is 1. The van der Waals surface area contributed by atoms with Gasteiger partial charge < -0.3 is 9.84 Å². The first kappa shape index (κ1) is 15.6. The van der Waals surface area contributed by atoms with Crippen LogP contribution < -0.4 is 5.32 Å². The van der Waals surface area contributed by atoms with Crippen molar-refractivity contribution in [2.45, 2.75) is 39.2 Å². The number of benzene rings is 1. The summed E-state index contributed by atoms with van der Waals surface area (Å²) in [6.07, 6.45) is 2.25. The summed E-state index contributed by atoms with van der Waals surface area (Å²) in [7, 11) is 1.94. The highest BCUT2D eigenvalue weighted by molar-refractivity contribution is 5.19. The van der Waals surface area contributed by atoms with Gasteiger partial charge >= 0.3 is 0 Å². The van der Waals surface area contributed by atoms with Gasteiger partial charge in [0.05, 0.1) is 0 Å². The van der Waals surface area contributed by atoms with Gasteiger partial charge in [-0.1, -0.05) is 31.1 Å². The van der Waals surface area contributed by atoms with Crippen molar-refractivity contribution in [2.75, 3.05) is 7.05 Å². The highest BCUT2D eigenvalue weighted by Crippen LogP contribution is 2.12. The normalized spacial score (nSPS) is 12.8. The van der Waals surface area contributed by atoms with Gasteiger partial charge in [-0.3, -0.25) is 0 Å². The van der Waals surface area contributed by atoms with Crippen LogP contribution in [0.2, 0.25) is 0 Å².